The molecule has 19 heavy (non-hydrogen) atoms. The van der Waals surface area contributed by atoms with Crippen molar-refractivity contribution in [3.05, 3.63) is 33.4 Å². The van der Waals surface area contributed by atoms with Gasteiger partial charge in [-0.2, -0.15) is 8.78 Å². The van der Waals surface area contributed by atoms with Crippen molar-refractivity contribution in [1.29, 1.82) is 0 Å². The quantitative estimate of drug-likeness (QED) is 0.480. The lowest BCUT2D eigenvalue weighted by Gasteiger charge is -2.11. The minimum absolute atomic E-state index is 0.209. The largest absolute Gasteiger partial charge is 0.481 e. The van der Waals surface area contributed by atoms with Crippen molar-refractivity contribution in [2.75, 3.05) is 0 Å². The highest BCUT2D eigenvalue weighted by Gasteiger charge is 2.26. The van der Waals surface area contributed by atoms with Crippen LogP contribution in [-0.4, -0.2) is 28.9 Å². The number of carboxylic acids is 1. The van der Waals surface area contributed by atoms with Gasteiger partial charge in [-0.3, -0.25) is 19.7 Å². The molecule has 0 aromatic heterocycles. The number of ether oxygens (including phenoxy) is 1. The highest BCUT2D eigenvalue weighted by atomic mass is 19.3. The first-order chi connectivity index (χ1) is 8.86. The maximum atomic E-state index is 12.2. The van der Waals surface area contributed by atoms with Crippen LogP contribution in [0.3, 0.4) is 0 Å². The van der Waals surface area contributed by atoms with Crippen molar-refractivity contribution in [2.24, 2.45) is 0 Å². The van der Waals surface area contributed by atoms with Crippen molar-refractivity contribution in [2.45, 2.75) is 13.0 Å². The summed E-state index contributed by atoms with van der Waals surface area (Å²) in [6.07, 6.45) is -0.641. The maximum Gasteiger partial charge on any atom is 0.387 e. The van der Waals surface area contributed by atoms with Crippen LogP contribution >= 0.6 is 0 Å². The molecule has 0 saturated carbocycles. The Morgan fingerprint density at radius 3 is 2.58 bits per heavy atom. The molecule has 0 spiro atoms. The molecular formula is C10H7F2NO6. The van der Waals surface area contributed by atoms with Gasteiger partial charge in [0, 0.05) is 17.2 Å². The zero-order chi connectivity index (χ0) is 14.6. The number of carboxylic acid groups (broad SMARTS) is 1. The molecule has 0 fully saturated rings. The van der Waals surface area contributed by atoms with Crippen molar-refractivity contribution in [1.82, 2.24) is 0 Å². The molecule has 9 heteroatoms. The highest BCUT2D eigenvalue weighted by molar-refractivity contribution is 5.84. The summed E-state index contributed by atoms with van der Waals surface area (Å²) < 4.78 is 28.5. The molecule has 102 valence electrons. The number of nitrogens with zero attached hydrogens (tertiary/aromatic N) is 1. The van der Waals surface area contributed by atoms with Crippen LogP contribution < -0.4 is 4.74 Å². The first-order valence-corrected chi connectivity index (χ1v) is 4.78. The smallest absolute Gasteiger partial charge is 0.387 e. The number of rotatable bonds is 6. The minimum Gasteiger partial charge on any atom is -0.481 e. The number of hydrogen-bond donors (Lipinski definition) is 1. The molecule has 0 bridgehead atoms. The predicted octanol–water partition coefficient (Wildman–Crippen LogP) is 1.64. The first-order valence-electron chi connectivity index (χ1n) is 4.78. The standard InChI is InChI=1S/C10H7F2NO6/c11-10(12)19-9-6(3-8(15)16)5(4-14)1-2-7(9)13(17)18/h1-2,4,10H,3H2,(H,15,16). The summed E-state index contributed by atoms with van der Waals surface area (Å²) >= 11 is 0. The maximum absolute atomic E-state index is 12.2. The first kappa shape index (κ1) is 14.5. The van der Waals surface area contributed by atoms with Crippen LogP contribution in [0.15, 0.2) is 12.1 Å². The highest BCUT2D eigenvalue weighted by Crippen LogP contribution is 2.34. The zero-order valence-corrected chi connectivity index (χ0v) is 9.21. The Bertz CT molecular complexity index is 531. The summed E-state index contributed by atoms with van der Waals surface area (Å²) in [6.45, 7) is -3.38. The number of benzene rings is 1. The number of halogens is 2. The van der Waals surface area contributed by atoms with Gasteiger partial charge in [-0.15, -0.1) is 0 Å². The lowest BCUT2D eigenvalue weighted by Crippen LogP contribution is -2.11. The van der Waals surface area contributed by atoms with Crippen LogP contribution in [0, 0.1) is 10.1 Å². The van der Waals surface area contributed by atoms with E-state index in [1.807, 2.05) is 0 Å². The van der Waals surface area contributed by atoms with E-state index in [0.717, 1.165) is 12.1 Å². The second kappa shape index (κ2) is 5.85. The monoisotopic (exact) mass is 275 g/mol. The van der Waals surface area contributed by atoms with Crippen molar-refractivity contribution in [3.63, 3.8) is 0 Å². The van der Waals surface area contributed by atoms with Gasteiger partial charge in [-0.25, -0.2) is 0 Å². The van der Waals surface area contributed by atoms with Crippen LogP contribution in [0.1, 0.15) is 15.9 Å². The summed E-state index contributed by atoms with van der Waals surface area (Å²) in [5.41, 5.74) is -1.55. The lowest BCUT2D eigenvalue weighted by molar-refractivity contribution is -0.386. The fraction of sp³-hybridized carbons (Fsp3) is 0.200. The minimum atomic E-state index is -3.38. The van der Waals surface area contributed by atoms with Crippen LogP contribution in [0.5, 0.6) is 5.75 Å². The van der Waals surface area contributed by atoms with E-state index in [2.05, 4.69) is 4.74 Å². The molecule has 1 N–H and O–H groups in total. The predicted molar refractivity (Wildman–Crippen MR) is 56.5 cm³/mol. The summed E-state index contributed by atoms with van der Waals surface area (Å²) in [7, 11) is 0. The van der Waals surface area contributed by atoms with E-state index in [1.165, 1.54) is 0 Å². The van der Waals surface area contributed by atoms with Gasteiger partial charge in [-0.05, 0) is 6.07 Å². The number of aldehydes is 1. The normalized spacial score (nSPS) is 10.3. The molecular weight excluding hydrogens is 268 g/mol. The van der Waals surface area contributed by atoms with Crippen LogP contribution in [0.4, 0.5) is 14.5 Å². The Labute approximate surface area is 104 Å². The topological polar surface area (TPSA) is 107 Å². The van der Waals surface area contributed by atoms with Gasteiger partial charge >= 0.3 is 18.3 Å². The van der Waals surface area contributed by atoms with Crippen molar-refractivity contribution in [3.8, 4) is 5.75 Å². The van der Waals surface area contributed by atoms with Crippen LogP contribution in [0.2, 0.25) is 0 Å². The molecule has 1 aromatic rings. The molecule has 0 saturated heterocycles. The van der Waals surface area contributed by atoms with Gasteiger partial charge in [0.05, 0.1) is 11.3 Å². The third-order valence-electron chi connectivity index (χ3n) is 2.13. The number of nitro groups is 1. The zero-order valence-electron chi connectivity index (χ0n) is 9.21. The van der Waals surface area contributed by atoms with Gasteiger partial charge in [0.15, 0.2) is 0 Å². The number of carbonyl (C=O) groups excluding carboxylic acids is 1. The third-order valence-corrected chi connectivity index (χ3v) is 2.13. The molecule has 0 aliphatic heterocycles. The summed E-state index contributed by atoms with van der Waals surface area (Å²) in [5.74, 6) is -2.35. The fourth-order valence-corrected chi connectivity index (χ4v) is 1.44. The van der Waals surface area contributed by atoms with E-state index in [-0.39, 0.29) is 11.8 Å². The molecule has 1 rings (SSSR count). The average molecular weight is 275 g/mol. The van der Waals surface area contributed by atoms with E-state index in [1.54, 1.807) is 0 Å². The SMILES string of the molecule is O=Cc1ccc([N+](=O)[O-])c(OC(F)F)c1CC(=O)O. The number of hydrogen-bond acceptors (Lipinski definition) is 5. The molecule has 0 aliphatic carbocycles. The Hall–Kier alpha value is -2.58. The molecule has 0 radical (unpaired) electrons. The molecule has 0 heterocycles. The number of alkyl halides is 2. The molecule has 7 nitrogen and oxygen atoms in total. The second-order valence-electron chi connectivity index (χ2n) is 3.31. The van der Waals surface area contributed by atoms with Gasteiger partial charge in [0.1, 0.15) is 6.29 Å². The number of carbonyl (C=O) groups is 2. The fourth-order valence-electron chi connectivity index (χ4n) is 1.44. The summed E-state index contributed by atoms with van der Waals surface area (Å²) in [5, 5.41) is 19.3. The molecule has 0 aliphatic rings. The van der Waals surface area contributed by atoms with E-state index in [0.29, 0.717) is 0 Å². The summed E-state index contributed by atoms with van der Waals surface area (Å²) in [4.78, 5) is 31.0. The van der Waals surface area contributed by atoms with Gasteiger partial charge in [0.25, 0.3) is 0 Å². The van der Waals surface area contributed by atoms with Crippen molar-refractivity contribution >= 4 is 17.9 Å². The molecule has 0 unspecified atom stereocenters. The second-order valence-corrected chi connectivity index (χ2v) is 3.31. The number of nitro benzene ring substituents is 1. The summed E-state index contributed by atoms with van der Waals surface area (Å²) in [6, 6.07) is 1.77. The Morgan fingerprint density at radius 2 is 2.16 bits per heavy atom. The molecule has 0 amide bonds. The van der Waals surface area contributed by atoms with Crippen LogP contribution in [-0.2, 0) is 11.2 Å². The average Bonchev–Trinajstić information content (AvgIpc) is 2.29. The Kier molecular flexibility index (Phi) is 4.46. The van der Waals surface area contributed by atoms with E-state index in [4.69, 9.17) is 5.11 Å². The third kappa shape index (κ3) is 3.44. The van der Waals surface area contributed by atoms with Crippen molar-refractivity contribution < 1.29 is 33.1 Å². The van der Waals surface area contributed by atoms with Gasteiger partial charge in [0.2, 0.25) is 5.75 Å². The molecule has 0 atom stereocenters. The lowest BCUT2D eigenvalue weighted by atomic mass is 10.0. The Balaban J connectivity index is 3.49. The molecule has 1 aromatic carbocycles. The van der Waals surface area contributed by atoms with E-state index >= 15 is 0 Å². The Morgan fingerprint density at radius 1 is 1.53 bits per heavy atom. The van der Waals surface area contributed by atoms with E-state index < -0.39 is 40.9 Å². The van der Waals surface area contributed by atoms with E-state index in [9.17, 15) is 28.5 Å². The van der Waals surface area contributed by atoms with Gasteiger partial charge in [-0.1, -0.05) is 0 Å². The van der Waals surface area contributed by atoms with Crippen LogP contribution in [0.25, 0.3) is 0 Å². The van der Waals surface area contributed by atoms with Gasteiger partial charge < -0.3 is 9.84 Å². The number of aliphatic carboxylic acids is 1.